The van der Waals surface area contributed by atoms with E-state index < -0.39 is 0 Å². The second-order valence-corrected chi connectivity index (χ2v) is 2.47. The molecule has 2 N–H and O–H groups in total. The number of hydrogen-bond acceptors (Lipinski definition) is 3. The standard InChI is InChI=1S/C8H7N3O/c9-8-5-10-6-3-1-2-4-7(6)11(8)12/h1-5H,9H2. The monoisotopic (exact) mass is 161 g/mol. The molecule has 0 unspecified atom stereocenters. The van der Waals surface area contributed by atoms with E-state index in [0.717, 1.165) is 0 Å². The highest BCUT2D eigenvalue weighted by atomic mass is 16.5. The molecule has 2 aromatic rings. The van der Waals surface area contributed by atoms with Gasteiger partial charge in [-0.25, -0.2) is 9.71 Å². The topological polar surface area (TPSA) is 65.8 Å². The van der Waals surface area contributed by atoms with Crippen LogP contribution in [0, 0.1) is 5.21 Å². The van der Waals surface area contributed by atoms with Crippen molar-refractivity contribution >= 4 is 16.9 Å². The van der Waals surface area contributed by atoms with Crippen molar-refractivity contribution in [3.63, 3.8) is 0 Å². The van der Waals surface area contributed by atoms with Crippen LogP contribution in [-0.2, 0) is 0 Å². The summed E-state index contributed by atoms with van der Waals surface area (Å²) in [6, 6.07) is 7.05. The molecule has 0 spiro atoms. The number of rotatable bonds is 0. The maximum Gasteiger partial charge on any atom is 0.294 e. The van der Waals surface area contributed by atoms with Gasteiger partial charge >= 0.3 is 0 Å². The van der Waals surface area contributed by atoms with Gasteiger partial charge in [0.2, 0.25) is 0 Å². The van der Waals surface area contributed by atoms with Gasteiger partial charge in [0.25, 0.3) is 5.82 Å². The van der Waals surface area contributed by atoms with Crippen molar-refractivity contribution < 1.29 is 4.73 Å². The third-order valence-electron chi connectivity index (χ3n) is 1.67. The Kier molecular flexibility index (Phi) is 1.33. The molecule has 0 saturated carbocycles. The van der Waals surface area contributed by atoms with E-state index in [0.29, 0.717) is 15.8 Å². The van der Waals surface area contributed by atoms with Crippen LogP contribution < -0.4 is 10.5 Å². The highest BCUT2D eigenvalue weighted by Crippen LogP contribution is 2.06. The fourth-order valence-electron chi connectivity index (χ4n) is 1.07. The Morgan fingerprint density at radius 2 is 2.08 bits per heavy atom. The quantitative estimate of drug-likeness (QED) is 0.450. The number of nitrogens with two attached hydrogens (primary N) is 1. The number of benzene rings is 1. The first-order valence-electron chi connectivity index (χ1n) is 3.52. The Hall–Kier alpha value is -1.84. The van der Waals surface area contributed by atoms with Crippen molar-refractivity contribution in [2.75, 3.05) is 5.73 Å². The highest BCUT2D eigenvalue weighted by molar-refractivity contribution is 5.71. The van der Waals surface area contributed by atoms with Gasteiger partial charge in [0.1, 0.15) is 11.7 Å². The average molecular weight is 161 g/mol. The van der Waals surface area contributed by atoms with Gasteiger partial charge in [-0.2, -0.15) is 0 Å². The third-order valence-corrected chi connectivity index (χ3v) is 1.67. The van der Waals surface area contributed by atoms with E-state index in [1.54, 1.807) is 18.2 Å². The summed E-state index contributed by atoms with van der Waals surface area (Å²) in [7, 11) is 0. The van der Waals surface area contributed by atoms with Crippen molar-refractivity contribution in [3.05, 3.63) is 35.7 Å². The van der Waals surface area contributed by atoms with Gasteiger partial charge in [-0.1, -0.05) is 12.1 Å². The Morgan fingerprint density at radius 1 is 1.33 bits per heavy atom. The number of aromatic nitrogens is 2. The fourth-order valence-corrected chi connectivity index (χ4v) is 1.07. The molecule has 1 aromatic heterocycles. The van der Waals surface area contributed by atoms with Crippen molar-refractivity contribution in [1.29, 1.82) is 0 Å². The van der Waals surface area contributed by atoms with Crippen molar-refractivity contribution in [2.45, 2.75) is 0 Å². The predicted octanol–water partition coefficient (Wildman–Crippen LogP) is 0.450. The van der Waals surface area contributed by atoms with E-state index in [1.807, 2.05) is 6.07 Å². The lowest BCUT2D eigenvalue weighted by atomic mass is 10.3. The summed E-state index contributed by atoms with van der Waals surface area (Å²) in [6.45, 7) is 0. The molecule has 60 valence electrons. The van der Waals surface area contributed by atoms with Crippen LogP contribution in [0.15, 0.2) is 30.5 Å². The molecule has 0 fully saturated rings. The fraction of sp³-hybridized carbons (Fsp3) is 0. The third kappa shape index (κ3) is 0.852. The molecule has 0 saturated heterocycles. The minimum Gasteiger partial charge on any atom is -0.710 e. The zero-order chi connectivity index (χ0) is 8.55. The van der Waals surface area contributed by atoms with Gasteiger partial charge in [-0.15, -0.1) is 0 Å². The Balaban J connectivity index is 2.91. The molecule has 4 nitrogen and oxygen atoms in total. The van der Waals surface area contributed by atoms with E-state index in [-0.39, 0.29) is 5.82 Å². The van der Waals surface area contributed by atoms with Gasteiger partial charge < -0.3 is 5.21 Å². The summed E-state index contributed by atoms with van der Waals surface area (Å²) in [5, 5.41) is 11.3. The molecule has 0 atom stereocenters. The van der Waals surface area contributed by atoms with Crippen LogP contribution in [0.3, 0.4) is 0 Å². The molecule has 0 aliphatic rings. The number of hydrogen-bond donors (Lipinski definition) is 1. The second kappa shape index (κ2) is 2.34. The molecule has 1 heterocycles. The Morgan fingerprint density at radius 3 is 2.92 bits per heavy atom. The van der Waals surface area contributed by atoms with Crippen LogP contribution in [0.25, 0.3) is 11.0 Å². The first-order valence-corrected chi connectivity index (χ1v) is 3.52. The summed E-state index contributed by atoms with van der Waals surface area (Å²) in [5.74, 6) is 0.119. The summed E-state index contributed by atoms with van der Waals surface area (Å²) in [5.41, 5.74) is 6.53. The van der Waals surface area contributed by atoms with E-state index in [2.05, 4.69) is 4.98 Å². The average Bonchev–Trinajstić information content (AvgIpc) is 2.12. The second-order valence-electron chi connectivity index (χ2n) is 2.47. The lowest BCUT2D eigenvalue weighted by Gasteiger charge is -2.06. The first kappa shape index (κ1) is 6.84. The number of nitrogen functional groups attached to an aromatic ring is 1. The van der Waals surface area contributed by atoms with E-state index >= 15 is 0 Å². The molecule has 0 radical (unpaired) electrons. The van der Waals surface area contributed by atoms with Gasteiger partial charge in [0, 0.05) is 0 Å². The van der Waals surface area contributed by atoms with Gasteiger partial charge in [-0.05, 0) is 12.1 Å². The molecule has 0 bridgehead atoms. The summed E-state index contributed by atoms with van der Waals surface area (Å²) < 4.78 is 0.669. The summed E-state index contributed by atoms with van der Waals surface area (Å²) >= 11 is 0. The number of fused-ring (bicyclic) bond motifs is 1. The minimum absolute atomic E-state index is 0.119. The Labute approximate surface area is 68.9 Å². The van der Waals surface area contributed by atoms with Gasteiger partial charge in [-0.3, -0.25) is 5.73 Å². The Bertz CT molecular complexity index is 428. The molecule has 4 heteroatoms. The summed E-state index contributed by atoms with van der Waals surface area (Å²) in [6.07, 6.45) is 1.36. The van der Waals surface area contributed by atoms with E-state index in [1.165, 1.54) is 6.20 Å². The molecule has 1 aromatic carbocycles. The van der Waals surface area contributed by atoms with Crippen LogP contribution in [0.2, 0.25) is 0 Å². The van der Waals surface area contributed by atoms with Crippen molar-refractivity contribution in [2.24, 2.45) is 0 Å². The number of nitrogens with zero attached hydrogens (tertiary/aromatic N) is 2. The lowest BCUT2D eigenvalue weighted by Crippen LogP contribution is -2.31. The van der Waals surface area contributed by atoms with Crippen molar-refractivity contribution in [1.82, 2.24) is 4.98 Å². The zero-order valence-corrected chi connectivity index (χ0v) is 6.27. The maximum atomic E-state index is 11.3. The van der Waals surface area contributed by atoms with Gasteiger partial charge in [0.15, 0.2) is 5.52 Å². The molecular formula is C8H7N3O. The molecule has 0 aliphatic heterocycles. The number of para-hydroxylation sites is 2. The molecule has 2 rings (SSSR count). The SMILES string of the molecule is Nc1cnc2ccccc2[n+]1[O-]. The van der Waals surface area contributed by atoms with Crippen molar-refractivity contribution in [3.8, 4) is 0 Å². The van der Waals surface area contributed by atoms with Crippen LogP contribution in [0.5, 0.6) is 0 Å². The molecule has 12 heavy (non-hydrogen) atoms. The lowest BCUT2D eigenvalue weighted by molar-refractivity contribution is -0.561. The van der Waals surface area contributed by atoms with E-state index in [9.17, 15) is 5.21 Å². The minimum atomic E-state index is 0.119. The normalized spacial score (nSPS) is 10.3. The predicted molar refractivity (Wildman–Crippen MR) is 45.1 cm³/mol. The van der Waals surface area contributed by atoms with Gasteiger partial charge in [0.05, 0.1) is 0 Å². The number of anilines is 1. The zero-order valence-electron chi connectivity index (χ0n) is 6.27. The van der Waals surface area contributed by atoms with Crippen LogP contribution in [-0.4, -0.2) is 4.98 Å². The molecule has 0 aliphatic carbocycles. The highest BCUT2D eigenvalue weighted by Gasteiger charge is 2.02. The van der Waals surface area contributed by atoms with E-state index in [4.69, 9.17) is 5.73 Å². The smallest absolute Gasteiger partial charge is 0.294 e. The maximum absolute atomic E-state index is 11.3. The van der Waals surface area contributed by atoms with Crippen LogP contribution in [0.4, 0.5) is 5.82 Å². The van der Waals surface area contributed by atoms with Crippen LogP contribution >= 0.6 is 0 Å². The van der Waals surface area contributed by atoms with Crippen LogP contribution in [0.1, 0.15) is 0 Å². The molecular weight excluding hydrogens is 154 g/mol. The molecule has 0 amide bonds. The first-order chi connectivity index (χ1) is 5.79. The summed E-state index contributed by atoms with van der Waals surface area (Å²) in [4.78, 5) is 4.00. The largest absolute Gasteiger partial charge is 0.710 e.